The van der Waals surface area contributed by atoms with Gasteiger partial charge in [0, 0.05) is 19.6 Å². The zero-order chi connectivity index (χ0) is 19.5. The summed E-state index contributed by atoms with van der Waals surface area (Å²) in [4.78, 5) is 26.2. The van der Waals surface area contributed by atoms with Crippen molar-refractivity contribution in [1.29, 1.82) is 0 Å². The maximum absolute atomic E-state index is 12.7. The summed E-state index contributed by atoms with van der Waals surface area (Å²) in [6, 6.07) is 0. The first-order chi connectivity index (χ1) is 11.2. The summed E-state index contributed by atoms with van der Waals surface area (Å²) in [5, 5.41) is 2.78. The molecule has 0 aromatic rings. The predicted molar refractivity (Wildman–Crippen MR) is 102 cm³/mol. The van der Waals surface area contributed by atoms with Crippen LogP contribution in [0.5, 0.6) is 0 Å². The van der Waals surface area contributed by atoms with Gasteiger partial charge in [-0.1, -0.05) is 20.8 Å². The molecule has 0 aromatic carbocycles. The maximum atomic E-state index is 12.7. The zero-order valence-electron chi connectivity index (χ0n) is 17.2. The van der Waals surface area contributed by atoms with Gasteiger partial charge in [-0.3, -0.25) is 4.79 Å². The minimum atomic E-state index is -1.98. The third kappa shape index (κ3) is 6.97. The Balaban J connectivity index is 2.52. The number of nitrogens with one attached hydrogen (secondary N) is 1. The van der Waals surface area contributed by atoms with Gasteiger partial charge in [-0.15, -0.1) is 0 Å². The molecule has 0 aromatic heterocycles. The second-order valence-electron chi connectivity index (χ2n) is 9.26. The van der Waals surface area contributed by atoms with Crippen molar-refractivity contribution >= 4 is 20.3 Å². The fraction of sp³-hybridized carbons (Fsp3) is 0.889. The van der Waals surface area contributed by atoms with E-state index in [0.29, 0.717) is 19.6 Å². The Morgan fingerprint density at radius 1 is 1.24 bits per heavy atom. The van der Waals surface area contributed by atoms with Gasteiger partial charge in [0.2, 0.25) is 0 Å². The minimum Gasteiger partial charge on any atom is -0.444 e. The normalized spacial score (nSPS) is 19.8. The number of ether oxygens (including phenoxy) is 1. The Hall–Kier alpha value is -1.08. The molecule has 1 rings (SSSR count). The van der Waals surface area contributed by atoms with Gasteiger partial charge in [-0.05, 0) is 51.7 Å². The van der Waals surface area contributed by atoms with Gasteiger partial charge in [0.15, 0.2) is 8.32 Å². The quantitative estimate of drug-likeness (QED) is 0.750. The number of nitrogens with zero attached hydrogens (tertiary/aromatic N) is 1. The van der Waals surface area contributed by atoms with Crippen molar-refractivity contribution in [3.63, 3.8) is 0 Å². The summed E-state index contributed by atoms with van der Waals surface area (Å²) in [7, 11) is -1.98. The van der Waals surface area contributed by atoms with E-state index in [4.69, 9.17) is 9.16 Å². The monoisotopic (exact) mass is 372 g/mol. The molecular weight excluding hydrogens is 336 g/mol. The number of piperidine rings is 1. The summed E-state index contributed by atoms with van der Waals surface area (Å²) < 4.78 is 11.5. The van der Waals surface area contributed by atoms with Crippen molar-refractivity contribution in [2.24, 2.45) is 0 Å². The van der Waals surface area contributed by atoms with E-state index < -0.39 is 20.0 Å². The van der Waals surface area contributed by atoms with Crippen molar-refractivity contribution in [3.05, 3.63) is 0 Å². The molecule has 1 fully saturated rings. The highest BCUT2D eigenvalue weighted by Crippen LogP contribution is 2.38. The largest absolute Gasteiger partial charge is 0.444 e. The van der Waals surface area contributed by atoms with E-state index in [-0.39, 0.29) is 17.0 Å². The van der Waals surface area contributed by atoms with Crippen LogP contribution < -0.4 is 5.32 Å². The molecule has 25 heavy (non-hydrogen) atoms. The highest BCUT2D eigenvalue weighted by molar-refractivity contribution is 6.74. The summed E-state index contributed by atoms with van der Waals surface area (Å²) in [6.07, 6.45) is 0.904. The lowest BCUT2D eigenvalue weighted by Gasteiger charge is -2.41. The van der Waals surface area contributed by atoms with E-state index in [9.17, 15) is 9.59 Å². The van der Waals surface area contributed by atoms with Gasteiger partial charge in [0.1, 0.15) is 11.7 Å². The molecule has 7 heteroatoms. The first-order valence-electron chi connectivity index (χ1n) is 9.16. The lowest BCUT2D eigenvalue weighted by molar-refractivity contribution is -0.142. The smallest absolute Gasteiger partial charge is 0.407 e. The molecule has 1 aliphatic rings. The molecule has 1 saturated heterocycles. The van der Waals surface area contributed by atoms with E-state index in [1.54, 1.807) is 4.90 Å². The fourth-order valence-corrected chi connectivity index (χ4v) is 3.66. The topological polar surface area (TPSA) is 67.9 Å². The molecule has 0 unspecified atom stereocenters. The lowest BCUT2D eigenvalue weighted by Crippen LogP contribution is -2.53. The molecule has 6 nitrogen and oxygen atoms in total. The highest BCUT2D eigenvalue weighted by Gasteiger charge is 2.42. The molecule has 0 spiro atoms. The number of carbonyl (C=O) groups excluding carboxylic acids is 2. The summed E-state index contributed by atoms with van der Waals surface area (Å²) in [5.74, 6) is 0.0436. The van der Waals surface area contributed by atoms with Gasteiger partial charge in [-0.2, -0.15) is 0 Å². The average molecular weight is 373 g/mol. The van der Waals surface area contributed by atoms with Crippen LogP contribution in [0.3, 0.4) is 0 Å². The molecule has 0 radical (unpaired) electrons. The predicted octanol–water partition coefficient (Wildman–Crippen LogP) is 3.52. The molecule has 0 aliphatic carbocycles. The number of rotatable bonds is 5. The van der Waals surface area contributed by atoms with E-state index >= 15 is 0 Å². The van der Waals surface area contributed by atoms with Crippen LogP contribution in [0.2, 0.25) is 18.1 Å². The van der Waals surface area contributed by atoms with Gasteiger partial charge in [0.25, 0.3) is 5.91 Å². The standard InChI is InChI=1S/C18H36N2O4Si/c1-17(2,3)23-16(22)19-11-13-20-12-9-10-14(15(20)21)24-25(7,8)18(4,5)6/h14H,9-13H2,1-8H3,(H,19,22)/t14-/m0/s1. The van der Waals surface area contributed by atoms with Crippen LogP contribution >= 0.6 is 0 Å². The van der Waals surface area contributed by atoms with Crippen molar-refractivity contribution in [3.8, 4) is 0 Å². The van der Waals surface area contributed by atoms with Crippen LogP contribution in [-0.4, -0.2) is 56.6 Å². The number of carbonyl (C=O) groups is 2. The first kappa shape index (κ1) is 22.0. The SMILES string of the molecule is CC(C)(C)OC(=O)NCCN1CCC[C@H](O[Si](C)(C)C(C)(C)C)C1=O. The van der Waals surface area contributed by atoms with Crippen LogP contribution in [0, 0.1) is 0 Å². The summed E-state index contributed by atoms with van der Waals surface area (Å²) in [6.45, 7) is 17.9. The van der Waals surface area contributed by atoms with Crippen LogP contribution in [0.15, 0.2) is 0 Å². The van der Waals surface area contributed by atoms with Crippen molar-refractivity contribution < 1.29 is 18.8 Å². The number of hydrogen-bond acceptors (Lipinski definition) is 4. The van der Waals surface area contributed by atoms with Crippen LogP contribution in [-0.2, 0) is 14.0 Å². The van der Waals surface area contributed by atoms with E-state index in [1.807, 2.05) is 20.8 Å². The van der Waals surface area contributed by atoms with Gasteiger partial charge in [0.05, 0.1) is 0 Å². The van der Waals surface area contributed by atoms with Gasteiger partial charge < -0.3 is 19.4 Å². The van der Waals surface area contributed by atoms with Crippen LogP contribution in [0.4, 0.5) is 4.79 Å². The van der Waals surface area contributed by atoms with Crippen molar-refractivity contribution in [2.45, 2.75) is 84.2 Å². The van der Waals surface area contributed by atoms with E-state index in [2.05, 4.69) is 39.2 Å². The fourth-order valence-electron chi connectivity index (χ4n) is 2.38. The Labute approximate surface area is 153 Å². The van der Waals surface area contributed by atoms with Gasteiger partial charge in [-0.25, -0.2) is 4.79 Å². The molecule has 2 amide bonds. The zero-order valence-corrected chi connectivity index (χ0v) is 18.2. The second-order valence-corrected chi connectivity index (χ2v) is 14.0. The van der Waals surface area contributed by atoms with Crippen LogP contribution in [0.25, 0.3) is 0 Å². The number of alkyl carbamates (subject to hydrolysis) is 1. The molecular formula is C18H36N2O4Si. The highest BCUT2D eigenvalue weighted by atomic mass is 28.4. The number of amides is 2. The minimum absolute atomic E-state index is 0.0436. The maximum Gasteiger partial charge on any atom is 0.407 e. The van der Waals surface area contributed by atoms with Gasteiger partial charge >= 0.3 is 6.09 Å². The summed E-state index contributed by atoms with van der Waals surface area (Å²) in [5.41, 5.74) is -0.521. The van der Waals surface area contributed by atoms with Crippen molar-refractivity contribution in [1.82, 2.24) is 10.2 Å². The third-order valence-corrected chi connectivity index (χ3v) is 9.26. The van der Waals surface area contributed by atoms with Crippen LogP contribution in [0.1, 0.15) is 54.4 Å². The Morgan fingerprint density at radius 2 is 1.84 bits per heavy atom. The van der Waals surface area contributed by atoms with Crippen molar-refractivity contribution in [2.75, 3.05) is 19.6 Å². The Bertz CT molecular complexity index is 480. The molecule has 0 bridgehead atoms. The first-order valence-corrected chi connectivity index (χ1v) is 12.1. The molecule has 1 atom stereocenters. The molecule has 0 saturated carbocycles. The summed E-state index contributed by atoms with van der Waals surface area (Å²) >= 11 is 0. The number of hydrogen-bond donors (Lipinski definition) is 1. The average Bonchev–Trinajstić information content (AvgIpc) is 2.39. The lowest BCUT2D eigenvalue weighted by atomic mass is 10.1. The van der Waals surface area contributed by atoms with E-state index in [1.165, 1.54) is 0 Å². The Morgan fingerprint density at radius 3 is 2.36 bits per heavy atom. The molecule has 1 aliphatic heterocycles. The second kappa shape index (κ2) is 8.08. The molecule has 1 heterocycles. The Kier molecular flexibility index (Phi) is 7.09. The third-order valence-electron chi connectivity index (χ3n) is 4.77. The van der Waals surface area contributed by atoms with E-state index in [0.717, 1.165) is 12.8 Å². The molecule has 146 valence electrons. The number of likely N-dealkylation sites (tertiary alicyclic amines) is 1. The molecule has 1 N–H and O–H groups in total.